The van der Waals surface area contributed by atoms with E-state index in [4.69, 9.17) is 23.2 Å². The number of halogens is 2. The molecule has 0 saturated heterocycles. The number of amides is 2. The minimum Gasteiger partial charge on any atom is -0.308 e. The third-order valence-electron chi connectivity index (χ3n) is 4.26. The molecule has 3 aromatic carbocycles. The van der Waals surface area contributed by atoms with Crippen molar-refractivity contribution < 1.29 is 13.2 Å². The van der Waals surface area contributed by atoms with Crippen molar-refractivity contribution in [3.05, 3.63) is 81.8 Å². The molecule has 0 aliphatic heterocycles. The molecule has 0 saturated carbocycles. The third-order valence-corrected chi connectivity index (χ3v) is 6.44. The summed E-state index contributed by atoms with van der Waals surface area (Å²) in [6, 6.07) is 15.6. The number of hydrogen-bond acceptors (Lipinski definition) is 3. The number of carbonyl (C=O) groups is 1. The molecule has 6 nitrogen and oxygen atoms in total. The van der Waals surface area contributed by atoms with E-state index >= 15 is 0 Å². The lowest BCUT2D eigenvalue weighted by Gasteiger charge is -2.13. The van der Waals surface area contributed by atoms with Gasteiger partial charge in [0.2, 0.25) is 0 Å². The van der Waals surface area contributed by atoms with Crippen LogP contribution in [0.1, 0.15) is 11.1 Å². The van der Waals surface area contributed by atoms with Gasteiger partial charge < -0.3 is 10.6 Å². The maximum absolute atomic E-state index is 12.8. The number of sulfonamides is 1. The van der Waals surface area contributed by atoms with Gasteiger partial charge in [0.25, 0.3) is 10.0 Å². The van der Waals surface area contributed by atoms with Gasteiger partial charge in [0.15, 0.2) is 0 Å². The Bertz CT molecular complexity index is 1200. The van der Waals surface area contributed by atoms with E-state index in [2.05, 4.69) is 15.4 Å². The van der Waals surface area contributed by atoms with Gasteiger partial charge in [-0.2, -0.15) is 0 Å². The number of hydrogen-bond donors (Lipinski definition) is 3. The van der Waals surface area contributed by atoms with Gasteiger partial charge in [0.1, 0.15) is 0 Å². The zero-order chi connectivity index (χ0) is 21.9. The molecule has 156 valence electrons. The van der Waals surface area contributed by atoms with E-state index in [-0.39, 0.29) is 4.90 Å². The Hall–Kier alpha value is -2.74. The summed E-state index contributed by atoms with van der Waals surface area (Å²) in [6.07, 6.45) is 0. The maximum atomic E-state index is 12.8. The fourth-order valence-corrected chi connectivity index (χ4v) is 4.30. The molecular weight excluding hydrogens is 445 g/mol. The van der Waals surface area contributed by atoms with Gasteiger partial charge >= 0.3 is 6.03 Å². The van der Waals surface area contributed by atoms with Crippen LogP contribution in [0.5, 0.6) is 0 Å². The second kappa shape index (κ2) is 8.95. The van der Waals surface area contributed by atoms with Crippen LogP contribution < -0.4 is 15.4 Å². The van der Waals surface area contributed by atoms with Gasteiger partial charge in [0, 0.05) is 27.1 Å². The maximum Gasteiger partial charge on any atom is 0.323 e. The minimum absolute atomic E-state index is 0.0497. The van der Waals surface area contributed by atoms with Crippen molar-refractivity contribution in [1.29, 1.82) is 0 Å². The van der Waals surface area contributed by atoms with Gasteiger partial charge in [-0.25, -0.2) is 13.2 Å². The molecule has 0 unspecified atom stereocenters. The van der Waals surface area contributed by atoms with Crippen molar-refractivity contribution in [2.24, 2.45) is 0 Å². The number of carbonyl (C=O) groups excluding carboxylic acids is 1. The SMILES string of the molecule is Cc1ccc(NC(=O)Nc2ccc(C)c(S(=O)(=O)Nc3ccc(Cl)cc3)c2)cc1Cl. The van der Waals surface area contributed by atoms with Crippen molar-refractivity contribution in [2.75, 3.05) is 15.4 Å². The molecule has 3 N–H and O–H groups in total. The Labute approximate surface area is 185 Å². The molecule has 0 aliphatic rings. The molecular formula is C21H19Cl2N3O3S. The zero-order valence-electron chi connectivity index (χ0n) is 16.2. The molecule has 0 radical (unpaired) electrons. The highest BCUT2D eigenvalue weighted by atomic mass is 35.5. The number of aryl methyl sites for hydroxylation is 2. The molecule has 0 atom stereocenters. The lowest BCUT2D eigenvalue weighted by atomic mass is 10.2. The van der Waals surface area contributed by atoms with Crippen molar-refractivity contribution in [1.82, 2.24) is 0 Å². The summed E-state index contributed by atoms with van der Waals surface area (Å²) >= 11 is 11.9. The van der Waals surface area contributed by atoms with Crippen LogP contribution in [0.2, 0.25) is 10.0 Å². The predicted octanol–water partition coefficient (Wildman–Crippen LogP) is 6.06. The highest BCUT2D eigenvalue weighted by Gasteiger charge is 2.18. The van der Waals surface area contributed by atoms with Gasteiger partial charge in [-0.1, -0.05) is 35.3 Å². The molecule has 0 fully saturated rings. The van der Waals surface area contributed by atoms with E-state index < -0.39 is 16.1 Å². The number of urea groups is 1. The fourth-order valence-electron chi connectivity index (χ4n) is 2.66. The Kier molecular flexibility index (Phi) is 6.55. The van der Waals surface area contributed by atoms with Crippen molar-refractivity contribution in [2.45, 2.75) is 18.7 Å². The van der Waals surface area contributed by atoms with Crippen LogP contribution in [0.3, 0.4) is 0 Å². The Morgan fingerprint density at radius 2 is 1.30 bits per heavy atom. The summed E-state index contributed by atoms with van der Waals surface area (Å²) in [5, 5.41) is 6.33. The quantitative estimate of drug-likeness (QED) is 0.429. The molecule has 3 aromatic rings. The lowest BCUT2D eigenvalue weighted by molar-refractivity contribution is 0.262. The normalized spacial score (nSPS) is 11.1. The fraction of sp³-hybridized carbons (Fsp3) is 0.0952. The van der Waals surface area contributed by atoms with Crippen molar-refractivity contribution >= 4 is 56.3 Å². The average molecular weight is 464 g/mol. The van der Waals surface area contributed by atoms with Crippen molar-refractivity contribution in [3.8, 4) is 0 Å². The average Bonchev–Trinajstić information content (AvgIpc) is 2.68. The number of nitrogens with one attached hydrogen (secondary N) is 3. The minimum atomic E-state index is -3.87. The van der Waals surface area contributed by atoms with Gasteiger partial charge in [-0.15, -0.1) is 0 Å². The summed E-state index contributed by atoms with van der Waals surface area (Å²) in [5.74, 6) is 0. The van der Waals surface area contributed by atoms with Crippen LogP contribution >= 0.6 is 23.2 Å². The zero-order valence-corrected chi connectivity index (χ0v) is 18.5. The highest BCUT2D eigenvalue weighted by molar-refractivity contribution is 7.92. The number of benzene rings is 3. The first-order valence-corrected chi connectivity index (χ1v) is 11.1. The first-order valence-electron chi connectivity index (χ1n) is 8.87. The molecule has 0 aliphatic carbocycles. The molecule has 0 heterocycles. The highest BCUT2D eigenvalue weighted by Crippen LogP contribution is 2.24. The van der Waals surface area contributed by atoms with Crippen molar-refractivity contribution in [3.63, 3.8) is 0 Å². The Balaban J connectivity index is 1.77. The van der Waals surface area contributed by atoms with E-state index in [9.17, 15) is 13.2 Å². The topological polar surface area (TPSA) is 87.3 Å². The second-order valence-corrected chi connectivity index (χ2v) is 9.13. The molecule has 0 aromatic heterocycles. The number of anilines is 3. The molecule has 30 heavy (non-hydrogen) atoms. The van der Waals surface area contributed by atoms with Crippen LogP contribution in [-0.4, -0.2) is 14.4 Å². The predicted molar refractivity (Wildman–Crippen MR) is 122 cm³/mol. The molecule has 3 rings (SSSR count). The van der Waals surface area contributed by atoms with Crippen LogP contribution in [0, 0.1) is 13.8 Å². The van der Waals surface area contributed by atoms with Gasteiger partial charge in [-0.3, -0.25) is 4.72 Å². The van der Waals surface area contributed by atoms with Crippen LogP contribution in [0.4, 0.5) is 21.9 Å². The molecule has 9 heteroatoms. The first kappa shape index (κ1) is 22.0. The largest absolute Gasteiger partial charge is 0.323 e. The lowest BCUT2D eigenvalue weighted by Crippen LogP contribution is -2.20. The third kappa shape index (κ3) is 5.44. The molecule has 0 spiro atoms. The Morgan fingerprint density at radius 3 is 1.90 bits per heavy atom. The summed E-state index contributed by atoms with van der Waals surface area (Å²) in [5.41, 5.74) is 2.66. The second-order valence-electron chi connectivity index (χ2n) is 6.64. The summed E-state index contributed by atoms with van der Waals surface area (Å²) in [4.78, 5) is 12.4. The smallest absolute Gasteiger partial charge is 0.308 e. The van der Waals surface area contributed by atoms with E-state index in [0.29, 0.717) is 32.7 Å². The monoisotopic (exact) mass is 463 g/mol. The van der Waals surface area contributed by atoms with Crippen LogP contribution in [0.25, 0.3) is 0 Å². The van der Waals surface area contributed by atoms with E-state index in [1.54, 1.807) is 61.5 Å². The Morgan fingerprint density at radius 1 is 0.767 bits per heavy atom. The first-order chi connectivity index (χ1) is 14.1. The standard InChI is InChI=1S/C21H19Cl2N3O3S/c1-13-3-7-17(11-19(13)23)24-21(27)25-18-8-4-14(2)20(12-18)30(28,29)26-16-9-5-15(22)6-10-16/h3-12,26H,1-2H3,(H2,24,25,27). The number of rotatable bonds is 5. The van der Waals surface area contributed by atoms with Gasteiger partial charge in [-0.05, 0) is 73.5 Å². The molecule has 2 amide bonds. The van der Waals surface area contributed by atoms with Crippen LogP contribution in [0.15, 0.2) is 65.6 Å². The summed E-state index contributed by atoms with van der Waals surface area (Å²) in [7, 11) is -3.87. The van der Waals surface area contributed by atoms with E-state index in [1.165, 1.54) is 6.07 Å². The van der Waals surface area contributed by atoms with E-state index in [1.807, 2.05) is 6.92 Å². The van der Waals surface area contributed by atoms with Gasteiger partial charge in [0.05, 0.1) is 4.90 Å². The van der Waals surface area contributed by atoms with Crippen LogP contribution in [-0.2, 0) is 10.0 Å². The van der Waals surface area contributed by atoms with E-state index in [0.717, 1.165) is 5.56 Å². The summed E-state index contributed by atoms with van der Waals surface area (Å²) in [6.45, 7) is 3.53. The molecule has 0 bridgehead atoms. The summed E-state index contributed by atoms with van der Waals surface area (Å²) < 4.78 is 28.1.